The lowest BCUT2D eigenvalue weighted by Gasteiger charge is -2.27. The molecule has 0 aliphatic heterocycles. The van der Waals surface area contributed by atoms with Gasteiger partial charge in [0.05, 0.1) is 29.2 Å². The molecule has 0 saturated carbocycles. The number of ether oxygens (including phenoxy) is 3. The molecule has 0 radical (unpaired) electrons. The van der Waals surface area contributed by atoms with Gasteiger partial charge in [0.1, 0.15) is 18.5 Å². The molecule has 0 bridgehead atoms. The molecule has 4 nitrogen and oxygen atoms in total. The standard InChI is InChI=1S/C24H28Cl3FO4.2H2S/c1-15(12-28)13-30-19-7-5-17(6-8-19)24(3,4)18-9-21(26)23(22(27)10-18)31-14-20(11-25)32-16(2)29;;/h5-10,15,20H,11-14H2,1-4H3;2*1H2/t15-,20-;;/m1../s1. The zero-order valence-corrected chi connectivity index (χ0v) is 23.9. The van der Waals surface area contributed by atoms with E-state index >= 15 is 0 Å². The van der Waals surface area contributed by atoms with Crippen molar-refractivity contribution in [3.8, 4) is 11.5 Å². The number of alkyl halides is 2. The minimum absolute atomic E-state index is 0. The van der Waals surface area contributed by atoms with E-state index < -0.39 is 24.2 Å². The number of hydrogen-bond acceptors (Lipinski definition) is 4. The Bertz CT molecular complexity index is 891. The summed E-state index contributed by atoms with van der Waals surface area (Å²) in [7, 11) is 0. The van der Waals surface area contributed by atoms with Crippen LogP contribution in [0.15, 0.2) is 36.4 Å². The van der Waals surface area contributed by atoms with Crippen molar-refractivity contribution in [2.24, 2.45) is 5.92 Å². The maximum absolute atomic E-state index is 12.6. The number of esters is 1. The number of halogens is 4. The first-order valence-electron chi connectivity index (χ1n) is 10.2. The molecule has 0 aliphatic rings. The minimum atomic E-state index is -0.606. The average Bonchev–Trinajstić information content (AvgIpc) is 2.75. The average molecular weight is 574 g/mol. The summed E-state index contributed by atoms with van der Waals surface area (Å²) < 4.78 is 29.0. The van der Waals surface area contributed by atoms with Crippen molar-refractivity contribution in [3.05, 3.63) is 57.6 Å². The zero-order valence-electron chi connectivity index (χ0n) is 19.6. The quantitative estimate of drug-likeness (QED) is 0.213. The van der Waals surface area contributed by atoms with Gasteiger partial charge in [0, 0.05) is 18.3 Å². The van der Waals surface area contributed by atoms with Crippen molar-refractivity contribution >= 4 is 67.8 Å². The summed E-state index contributed by atoms with van der Waals surface area (Å²) in [5.41, 5.74) is 1.52. The molecule has 0 heterocycles. The molecule has 192 valence electrons. The largest absolute Gasteiger partial charge is 0.493 e. The van der Waals surface area contributed by atoms with Crippen LogP contribution in [0, 0.1) is 5.92 Å². The molecule has 2 rings (SSSR count). The molecule has 34 heavy (non-hydrogen) atoms. The first kappa shape index (κ1) is 33.0. The highest BCUT2D eigenvalue weighted by atomic mass is 35.5. The van der Waals surface area contributed by atoms with Crippen LogP contribution < -0.4 is 9.47 Å². The highest BCUT2D eigenvalue weighted by Gasteiger charge is 2.26. The number of hydrogen-bond donors (Lipinski definition) is 0. The first-order valence-corrected chi connectivity index (χ1v) is 11.5. The molecule has 0 spiro atoms. The molecule has 0 aliphatic carbocycles. The third-order valence-corrected chi connectivity index (χ3v) is 5.92. The Labute approximate surface area is 230 Å². The minimum Gasteiger partial charge on any atom is -0.493 e. The van der Waals surface area contributed by atoms with Crippen LogP contribution in [-0.4, -0.2) is 37.8 Å². The summed E-state index contributed by atoms with van der Waals surface area (Å²) in [6.07, 6.45) is -0.606. The third-order valence-electron chi connectivity index (χ3n) is 5.01. The van der Waals surface area contributed by atoms with E-state index in [9.17, 15) is 9.18 Å². The second kappa shape index (κ2) is 15.2. The van der Waals surface area contributed by atoms with Gasteiger partial charge in [-0.3, -0.25) is 9.18 Å². The molecular formula is C24H32Cl3FO4S2. The fourth-order valence-corrected chi connectivity index (χ4v) is 3.75. The van der Waals surface area contributed by atoms with Gasteiger partial charge in [0.15, 0.2) is 5.75 Å². The van der Waals surface area contributed by atoms with Gasteiger partial charge in [0.2, 0.25) is 0 Å². The van der Waals surface area contributed by atoms with Crippen LogP contribution in [0.2, 0.25) is 10.0 Å². The van der Waals surface area contributed by atoms with E-state index in [1.54, 1.807) is 19.1 Å². The van der Waals surface area contributed by atoms with Crippen LogP contribution in [0.4, 0.5) is 4.39 Å². The van der Waals surface area contributed by atoms with Crippen LogP contribution in [0.3, 0.4) is 0 Å². The smallest absolute Gasteiger partial charge is 0.303 e. The van der Waals surface area contributed by atoms with E-state index in [1.165, 1.54) is 6.92 Å². The molecule has 2 aromatic carbocycles. The van der Waals surface area contributed by atoms with Gasteiger partial charge in [-0.05, 0) is 35.4 Å². The summed E-state index contributed by atoms with van der Waals surface area (Å²) in [6, 6.07) is 11.3. The molecule has 2 aromatic rings. The summed E-state index contributed by atoms with van der Waals surface area (Å²) in [5.74, 6) is 0.491. The predicted molar refractivity (Wildman–Crippen MR) is 148 cm³/mol. The van der Waals surface area contributed by atoms with Gasteiger partial charge in [-0.2, -0.15) is 27.0 Å². The Hall–Kier alpha value is -0.990. The maximum Gasteiger partial charge on any atom is 0.303 e. The van der Waals surface area contributed by atoms with E-state index in [-0.39, 0.29) is 45.4 Å². The molecular weight excluding hydrogens is 542 g/mol. The van der Waals surface area contributed by atoms with Crippen molar-refractivity contribution in [1.82, 2.24) is 0 Å². The Morgan fingerprint density at radius 3 is 2.03 bits per heavy atom. The van der Waals surface area contributed by atoms with Crippen molar-refractivity contribution in [2.45, 2.75) is 39.2 Å². The monoisotopic (exact) mass is 572 g/mol. The number of carbonyl (C=O) groups excluding carboxylic acids is 1. The van der Waals surface area contributed by atoms with E-state index in [2.05, 4.69) is 13.8 Å². The first-order chi connectivity index (χ1) is 15.1. The lowest BCUT2D eigenvalue weighted by molar-refractivity contribution is -0.146. The Morgan fingerprint density at radius 1 is 1.00 bits per heavy atom. The Balaban J connectivity index is 0.00000544. The Kier molecular flexibility index (Phi) is 14.8. The number of carbonyl (C=O) groups is 1. The Morgan fingerprint density at radius 2 is 1.56 bits per heavy atom. The predicted octanol–water partition coefficient (Wildman–Crippen LogP) is 7.08. The molecule has 0 unspecified atom stereocenters. The zero-order chi connectivity index (χ0) is 23.9. The molecule has 0 fully saturated rings. The molecule has 0 amide bonds. The lowest BCUT2D eigenvalue weighted by Crippen LogP contribution is -2.26. The van der Waals surface area contributed by atoms with E-state index in [0.29, 0.717) is 28.2 Å². The molecule has 0 N–H and O–H groups in total. The molecule has 2 atom stereocenters. The summed E-state index contributed by atoms with van der Waals surface area (Å²) in [4.78, 5) is 11.1. The van der Waals surface area contributed by atoms with E-state index in [4.69, 9.17) is 49.0 Å². The number of rotatable bonds is 11. The van der Waals surface area contributed by atoms with Gasteiger partial charge >= 0.3 is 5.97 Å². The summed E-state index contributed by atoms with van der Waals surface area (Å²) in [5, 5.41) is 0.689. The molecule has 0 aromatic heterocycles. The highest BCUT2D eigenvalue weighted by Crippen LogP contribution is 2.40. The van der Waals surface area contributed by atoms with Crippen LogP contribution in [0.25, 0.3) is 0 Å². The van der Waals surface area contributed by atoms with Gasteiger partial charge in [0.25, 0.3) is 0 Å². The molecule has 10 heteroatoms. The summed E-state index contributed by atoms with van der Waals surface area (Å²) >= 11 is 18.8. The van der Waals surface area contributed by atoms with E-state index in [1.807, 2.05) is 24.3 Å². The third kappa shape index (κ3) is 9.23. The fourth-order valence-electron chi connectivity index (χ4n) is 3.00. The van der Waals surface area contributed by atoms with Crippen molar-refractivity contribution in [3.63, 3.8) is 0 Å². The van der Waals surface area contributed by atoms with Crippen LogP contribution in [-0.2, 0) is 14.9 Å². The number of benzene rings is 2. The topological polar surface area (TPSA) is 44.8 Å². The second-order valence-electron chi connectivity index (χ2n) is 8.19. The fraction of sp³-hybridized carbons (Fsp3) is 0.458. The SMILES string of the molecule is CC(=O)O[C@H](CCl)COc1c(Cl)cc(C(C)(C)c2ccc(OC[C@H](C)CF)cc2)cc1Cl.S.S. The van der Waals surface area contributed by atoms with Gasteiger partial charge in [-0.15, -0.1) is 11.6 Å². The highest BCUT2D eigenvalue weighted by molar-refractivity contribution is 7.59. The maximum atomic E-state index is 12.6. The van der Waals surface area contributed by atoms with Crippen molar-refractivity contribution in [2.75, 3.05) is 25.8 Å². The van der Waals surface area contributed by atoms with Crippen molar-refractivity contribution in [1.29, 1.82) is 0 Å². The normalized spacial score (nSPS) is 12.6. The second-order valence-corrected chi connectivity index (χ2v) is 9.31. The van der Waals surface area contributed by atoms with Gasteiger partial charge < -0.3 is 14.2 Å². The van der Waals surface area contributed by atoms with Crippen LogP contribution in [0.1, 0.15) is 38.8 Å². The van der Waals surface area contributed by atoms with Crippen LogP contribution in [0.5, 0.6) is 11.5 Å². The van der Waals surface area contributed by atoms with Gasteiger partial charge in [-0.25, -0.2) is 0 Å². The van der Waals surface area contributed by atoms with E-state index in [0.717, 1.165) is 11.1 Å². The van der Waals surface area contributed by atoms with Crippen LogP contribution >= 0.6 is 61.8 Å². The van der Waals surface area contributed by atoms with Gasteiger partial charge in [-0.1, -0.05) is 56.1 Å². The van der Waals surface area contributed by atoms with Crippen molar-refractivity contribution < 1.29 is 23.4 Å². The molecule has 0 saturated heterocycles. The summed E-state index contributed by atoms with van der Waals surface area (Å²) in [6.45, 7) is 7.16. The lowest BCUT2D eigenvalue weighted by atomic mass is 9.78.